The first-order valence-corrected chi connectivity index (χ1v) is 1.98. The molecule has 1 nitrogen and oxygen atoms in total. The Kier molecular flexibility index (Phi) is 3.05. The molecule has 0 N–H and O–H groups in total. The van der Waals surface area contributed by atoms with E-state index in [0.29, 0.717) is 0 Å². The van der Waals surface area contributed by atoms with E-state index in [-0.39, 0.29) is 12.3 Å². The van der Waals surface area contributed by atoms with Crippen LogP contribution in [0.2, 0.25) is 0 Å². The monoisotopic (exact) mass is 144 g/mol. The number of allylic oxidation sites excluding steroid dienone is 1. The van der Waals surface area contributed by atoms with E-state index in [9.17, 15) is 17.6 Å². The summed E-state index contributed by atoms with van der Waals surface area (Å²) in [5.74, 6) is 0. The quantitative estimate of drug-likeness (QED) is 0.425. The second kappa shape index (κ2) is 3.32. The van der Waals surface area contributed by atoms with Crippen molar-refractivity contribution in [3.63, 3.8) is 0 Å². The van der Waals surface area contributed by atoms with Crippen molar-refractivity contribution in [2.45, 2.75) is 6.18 Å². The Morgan fingerprint density at radius 2 is 1.89 bits per heavy atom. The standard InChI is InChI=1S/C4H4F4O/c5-3-9-2-1-4(6,7)8/h1-2H,3H2. The van der Waals surface area contributed by atoms with Gasteiger partial charge >= 0.3 is 6.18 Å². The van der Waals surface area contributed by atoms with Crippen LogP contribution in [0.15, 0.2) is 12.3 Å². The molecule has 9 heavy (non-hydrogen) atoms. The minimum absolute atomic E-state index is 0.188. The lowest BCUT2D eigenvalue weighted by molar-refractivity contribution is -0.0820. The number of ether oxygens (including phenoxy) is 1. The molecule has 5 heteroatoms. The Morgan fingerprint density at radius 3 is 2.22 bits per heavy atom. The fraction of sp³-hybridized carbons (Fsp3) is 0.500. The maximum atomic E-state index is 11.1. The predicted octanol–water partition coefficient (Wildman–Crippen LogP) is 2.01. The van der Waals surface area contributed by atoms with Gasteiger partial charge < -0.3 is 4.74 Å². The van der Waals surface area contributed by atoms with E-state index in [4.69, 9.17) is 0 Å². The fourth-order valence-corrected chi connectivity index (χ4v) is 0.162. The molecule has 0 aromatic carbocycles. The molecule has 0 saturated carbocycles. The van der Waals surface area contributed by atoms with Gasteiger partial charge in [0, 0.05) is 0 Å². The predicted molar refractivity (Wildman–Crippen MR) is 22.3 cm³/mol. The highest BCUT2D eigenvalue weighted by Crippen LogP contribution is 2.15. The second-order valence-corrected chi connectivity index (χ2v) is 1.12. The van der Waals surface area contributed by atoms with Crippen LogP contribution in [0, 0.1) is 0 Å². The van der Waals surface area contributed by atoms with Crippen molar-refractivity contribution < 1.29 is 22.3 Å². The van der Waals surface area contributed by atoms with Gasteiger partial charge in [-0.3, -0.25) is 0 Å². The Hall–Kier alpha value is -0.740. The molecule has 0 aliphatic rings. The smallest absolute Gasteiger partial charge is 0.412 e. The van der Waals surface area contributed by atoms with E-state index >= 15 is 0 Å². The molecule has 0 heterocycles. The van der Waals surface area contributed by atoms with E-state index in [2.05, 4.69) is 4.74 Å². The summed E-state index contributed by atoms with van der Waals surface area (Å²) in [7, 11) is 0. The summed E-state index contributed by atoms with van der Waals surface area (Å²) < 4.78 is 47.8. The zero-order valence-corrected chi connectivity index (χ0v) is 4.28. The molecule has 0 aromatic heterocycles. The third-order valence-electron chi connectivity index (χ3n) is 0.416. The molecule has 0 bridgehead atoms. The number of hydrogen-bond donors (Lipinski definition) is 0. The molecule has 0 unspecified atom stereocenters. The van der Waals surface area contributed by atoms with Gasteiger partial charge in [0.2, 0.25) is 6.86 Å². The highest BCUT2D eigenvalue weighted by molar-refractivity contribution is 4.81. The van der Waals surface area contributed by atoms with Crippen LogP contribution in [0.25, 0.3) is 0 Å². The minimum Gasteiger partial charge on any atom is -0.471 e. The summed E-state index contributed by atoms with van der Waals surface area (Å²) in [4.78, 5) is 0. The lowest BCUT2D eigenvalue weighted by Gasteiger charge is -1.95. The lowest BCUT2D eigenvalue weighted by atomic mass is 10.6. The van der Waals surface area contributed by atoms with Gasteiger partial charge in [-0.15, -0.1) is 0 Å². The molecule has 0 atom stereocenters. The molecule has 0 aliphatic carbocycles. The van der Waals surface area contributed by atoms with E-state index in [0.717, 1.165) is 0 Å². The summed E-state index contributed by atoms with van der Waals surface area (Å²) in [6, 6.07) is 0. The van der Waals surface area contributed by atoms with Gasteiger partial charge in [0.25, 0.3) is 0 Å². The zero-order chi connectivity index (χ0) is 7.33. The highest BCUT2D eigenvalue weighted by Gasteiger charge is 2.22. The van der Waals surface area contributed by atoms with Crippen LogP contribution in [0.5, 0.6) is 0 Å². The topological polar surface area (TPSA) is 9.23 Å². The second-order valence-electron chi connectivity index (χ2n) is 1.12. The minimum atomic E-state index is -4.42. The third kappa shape index (κ3) is 7.26. The van der Waals surface area contributed by atoms with Crippen LogP contribution in [0.4, 0.5) is 17.6 Å². The van der Waals surface area contributed by atoms with Crippen LogP contribution in [0.3, 0.4) is 0 Å². The molecule has 0 radical (unpaired) electrons. The van der Waals surface area contributed by atoms with Crippen LogP contribution < -0.4 is 0 Å². The summed E-state index contributed by atoms with van der Waals surface area (Å²) in [5.41, 5.74) is 0. The Balaban J connectivity index is 3.45. The number of hydrogen-bond acceptors (Lipinski definition) is 1. The molecule has 54 valence electrons. The van der Waals surface area contributed by atoms with Crippen molar-refractivity contribution in [2.24, 2.45) is 0 Å². The molecule has 0 aliphatic heterocycles. The van der Waals surface area contributed by atoms with Crippen LogP contribution in [-0.2, 0) is 4.74 Å². The molecule has 0 aromatic rings. The molecular formula is C4H4F4O. The normalized spacial score (nSPS) is 12.4. The first kappa shape index (κ1) is 8.26. The molecular weight excluding hydrogens is 140 g/mol. The third-order valence-corrected chi connectivity index (χ3v) is 0.416. The average Bonchev–Trinajstić information content (AvgIpc) is 1.63. The average molecular weight is 144 g/mol. The van der Waals surface area contributed by atoms with Crippen LogP contribution >= 0.6 is 0 Å². The van der Waals surface area contributed by atoms with Crippen molar-refractivity contribution >= 4 is 0 Å². The van der Waals surface area contributed by atoms with Crippen LogP contribution in [0.1, 0.15) is 0 Å². The van der Waals surface area contributed by atoms with Gasteiger partial charge in [0.05, 0.1) is 12.3 Å². The zero-order valence-electron chi connectivity index (χ0n) is 4.28. The SMILES string of the molecule is FCOC=CC(F)(F)F. The Bertz CT molecular complexity index is 95.2. The van der Waals surface area contributed by atoms with Gasteiger partial charge in [0.15, 0.2) is 0 Å². The van der Waals surface area contributed by atoms with Gasteiger partial charge in [-0.2, -0.15) is 13.2 Å². The van der Waals surface area contributed by atoms with E-state index in [1.165, 1.54) is 0 Å². The van der Waals surface area contributed by atoms with E-state index in [1.807, 2.05) is 0 Å². The molecule has 0 rings (SSSR count). The van der Waals surface area contributed by atoms with Crippen LogP contribution in [-0.4, -0.2) is 13.0 Å². The maximum absolute atomic E-state index is 11.1. The lowest BCUT2D eigenvalue weighted by Crippen LogP contribution is -2.00. The number of halogens is 4. The Morgan fingerprint density at radius 1 is 1.33 bits per heavy atom. The number of alkyl halides is 4. The van der Waals surface area contributed by atoms with Crippen molar-refractivity contribution in [3.05, 3.63) is 12.3 Å². The largest absolute Gasteiger partial charge is 0.471 e. The number of rotatable bonds is 2. The maximum Gasteiger partial charge on any atom is 0.412 e. The summed E-state index contributed by atoms with van der Waals surface area (Å²) in [6.45, 7) is -1.24. The van der Waals surface area contributed by atoms with Gasteiger partial charge in [-0.05, 0) is 0 Å². The van der Waals surface area contributed by atoms with Crippen molar-refractivity contribution in [1.29, 1.82) is 0 Å². The van der Waals surface area contributed by atoms with Gasteiger partial charge in [-0.1, -0.05) is 0 Å². The van der Waals surface area contributed by atoms with Gasteiger partial charge in [0.1, 0.15) is 0 Å². The summed E-state index contributed by atoms with van der Waals surface area (Å²) in [6.07, 6.45) is -4.35. The van der Waals surface area contributed by atoms with Crippen molar-refractivity contribution in [3.8, 4) is 0 Å². The molecule has 0 spiro atoms. The van der Waals surface area contributed by atoms with Crippen molar-refractivity contribution in [1.82, 2.24) is 0 Å². The first-order chi connectivity index (χ1) is 4.06. The summed E-state index contributed by atoms with van der Waals surface area (Å²) >= 11 is 0. The summed E-state index contributed by atoms with van der Waals surface area (Å²) in [5, 5.41) is 0. The fourth-order valence-electron chi connectivity index (χ4n) is 0.162. The van der Waals surface area contributed by atoms with Crippen molar-refractivity contribution in [2.75, 3.05) is 6.86 Å². The molecule has 0 amide bonds. The van der Waals surface area contributed by atoms with Gasteiger partial charge in [-0.25, -0.2) is 4.39 Å². The molecule has 0 saturated heterocycles. The highest BCUT2D eigenvalue weighted by atomic mass is 19.4. The Labute approximate surface area is 48.9 Å². The van der Waals surface area contributed by atoms with E-state index in [1.54, 1.807) is 0 Å². The first-order valence-electron chi connectivity index (χ1n) is 1.98. The molecule has 0 fully saturated rings. The van der Waals surface area contributed by atoms with E-state index < -0.39 is 13.0 Å².